The van der Waals surface area contributed by atoms with Gasteiger partial charge in [-0.2, -0.15) is 0 Å². The molecule has 0 bridgehead atoms. The van der Waals surface area contributed by atoms with Crippen molar-refractivity contribution in [3.63, 3.8) is 0 Å². The fourth-order valence-corrected chi connectivity index (χ4v) is 9.52. The zero-order chi connectivity index (χ0) is 26.3. The molecule has 5 rings (SSSR count). The van der Waals surface area contributed by atoms with Crippen LogP contribution in [0.15, 0.2) is 46.3 Å². The summed E-state index contributed by atoms with van der Waals surface area (Å²) in [4.78, 5) is 25.9. The number of ether oxygens (including phenoxy) is 1. The van der Waals surface area contributed by atoms with E-state index in [1.807, 2.05) is 13.8 Å². The van der Waals surface area contributed by atoms with Gasteiger partial charge in [0, 0.05) is 11.0 Å². The van der Waals surface area contributed by atoms with Crippen LogP contribution in [0.1, 0.15) is 99.8 Å². The van der Waals surface area contributed by atoms with Gasteiger partial charge in [0.2, 0.25) is 5.78 Å². The molecule has 0 aromatic rings. The topological polar surface area (TPSA) is 63.6 Å². The molecule has 4 nitrogen and oxygen atoms in total. The van der Waals surface area contributed by atoms with Gasteiger partial charge in [0.05, 0.1) is 12.0 Å². The molecule has 4 heteroatoms. The second-order valence-electron chi connectivity index (χ2n) is 13.4. The zero-order valence-corrected chi connectivity index (χ0v) is 23.3. The first-order valence-corrected chi connectivity index (χ1v) is 14.1. The molecule has 36 heavy (non-hydrogen) atoms. The lowest BCUT2D eigenvalue weighted by molar-refractivity contribution is -0.187. The fraction of sp³-hybridized carbons (Fsp3) is 0.688. The molecule has 0 radical (unpaired) electrons. The Kier molecular flexibility index (Phi) is 5.64. The monoisotopic (exact) mass is 492 g/mol. The smallest absolute Gasteiger partial charge is 0.311 e. The molecule has 0 aromatic heterocycles. The van der Waals surface area contributed by atoms with E-state index in [1.165, 1.54) is 5.57 Å². The summed E-state index contributed by atoms with van der Waals surface area (Å²) in [6, 6.07) is 0. The third-order valence-corrected chi connectivity index (χ3v) is 11.9. The Hall–Kier alpha value is -2.10. The molecule has 1 N–H and O–H groups in total. The Morgan fingerprint density at radius 2 is 1.72 bits per heavy atom. The van der Waals surface area contributed by atoms with E-state index in [4.69, 9.17) is 4.74 Å². The number of carbonyl (C=O) groups excluding carboxylic acids is 2. The maximum Gasteiger partial charge on any atom is 0.311 e. The summed E-state index contributed by atoms with van der Waals surface area (Å²) in [5.41, 5.74) is 3.90. The van der Waals surface area contributed by atoms with Crippen LogP contribution in [0.5, 0.6) is 0 Å². The summed E-state index contributed by atoms with van der Waals surface area (Å²) < 4.78 is 5.59. The number of hydrogen-bond donors (Lipinski definition) is 1. The van der Waals surface area contributed by atoms with E-state index in [1.54, 1.807) is 6.08 Å². The fourth-order valence-electron chi connectivity index (χ4n) is 9.52. The quantitative estimate of drug-likeness (QED) is 0.413. The Morgan fingerprint density at radius 3 is 2.39 bits per heavy atom. The number of rotatable bonds is 3. The zero-order valence-electron chi connectivity index (χ0n) is 23.3. The minimum absolute atomic E-state index is 0.0190. The predicted octanol–water partition coefficient (Wildman–Crippen LogP) is 7.57. The lowest BCUT2D eigenvalue weighted by Crippen LogP contribution is -2.63. The summed E-state index contributed by atoms with van der Waals surface area (Å²) in [7, 11) is 0. The largest absolute Gasteiger partial charge is 0.504 e. The highest BCUT2D eigenvalue weighted by Gasteiger charge is 2.68. The van der Waals surface area contributed by atoms with E-state index in [-0.39, 0.29) is 39.2 Å². The molecule has 0 spiro atoms. The normalized spacial score (nSPS) is 43.8. The van der Waals surface area contributed by atoms with Crippen LogP contribution in [0.25, 0.3) is 0 Å². The van der Waals surface area contributed by atoms with Crippen LogP contribution in [-0.4, -0.2) is 23.5 Å². The average Bonchev–Trinajstić information content (AvgIpc) is 2.84. The van der Waals surface area contributed by atoms with Crippen molar-refractivity contribution in [1.29, 1.82) is 0 Å². The minimum Gasteiger partial charge on any atom is -0.504 e. The maximum absolute atomic E-state index is 13.2. The van der Waals surface area contributed by atoms with Crippen LogP contribution < -0.4 is 0 Å². The van der Waals surface area contributed by atoms with Crippen molar-refractivity contribution in [2.75, 3.05) is 6.61 Å². The molecule has 3 saturated carbocycles. The summed E-state index contributed by atoms with van der Waals surface area (Å²) >= 11 is 0. The lowest BCUT2D eigenvalue weighted by Gasteiger charge is -2.71. The van der Waals surface area contributed by atoms with Gasteiger partial charge in [0.1, 0.15) is 0 Å². The number of carbonyl (C=O) groups is 2. The van der Waals surface area contributed by atoms with E-state index in [2.05, 4.69) is 46.8 Å². The molecule has 0 aliphatic heterocycles. The highest BCUT2D eigenvalue weighted by molar-refractivity contribution is 6.06. The van der Waals surface area contributed by atoms with Gasteiger partial charge >= 0.3 is 5.97 Å². The highest BCUT2D eigenvalue weighted by Crippen LogP contribution is 2.76. The van der Waals surface area contributed by atoms with Crippen LogP contribution in [0, 0.1) is 33.0 Å². The first-order valence-electron chi connectivity index (χ1n) is 14.1. The Balaban J connectivity index is 1.64. The minimum atomic E-state index is -0.423. The molecule has 0 unspecified atom stereocenters. The SMILES string of the molecule is CCOC(=O)[C@]1(C)CC[C@]2(C)CC[C@]3(C)C4=CC=C5C(=CC(=O)C(O)=C5C)[C@]4(C)CC[C@@]3(CC)[C@@H]2C1. The predicted molar refractivity (Wildman–Crippen MR) is 142 cm³/mol. The number of allylic oxidation sites excluding steroid dienone is 7. The first-order chi connectivity index (χ1) is 16.8. The van der Waals surface area contributed by atoms with Crippen molar-refractivity contribution in [2.24, 2.45) is 33.0 Å². The van der Waals surface area contributed by atoms with E-state index in [0.29, 0.717) is 18.1 Å². The third kappa shape index (κ3) is 3.05. The van der Waals surface area contributed by atoms with Crippen LogP contribution in [-0.2, 0) is 14.3 Å². The van der Waals surface area contributed by atoms with Crippen molar-refractivity contribution in [1.82, 2.24) is 0 Å². The Morgan fingerprint density at radius 1 is 1.03 bits per heavy atom. The molecule has 3 fully saturated rings. The van der Waals surface area contributed by atoms with Gasteiger partial charge < -0.3 is 9.84 Å². The molecule has 0 saturated heterocycles. The molecule has 0 heterocycles. The number of esters is 1. The van der Waals surface area contributed by atoms with Crippen LogP contribution in [0.4, 0.5) is 0 Å². The average molecular weight is 493 g/mol. The van der Waals surface area contributed by atoms with Gasteiger partial charge in [-0.05, 0) is 112 Å². The second kappa shape index (κ2) is 7.95. The maximum atomic E-state index is 13.2. The van der Waals surface area contributed by atoms with E-state index in [9.17, 15) is 14.7 Å². The summed E-state index contributed by atoms with van der Waals surface area (Å²) in [6.07, 6.45) is 14.5. The van der Waals surface area contributed by atoms with E-state index in [0.717, 1.165) is 62.5 Å². The molecule has 196 valence electrons. The molecule has 0 amide bonds. The van der Waals surface area contributed by atoms with Crippen molar-refractivity contribution in [2.45, 2.75) is 99.8 Å². The molecule has 6 atom stereocenters. The first kappa shape index (κ1) is 25.5. The molecular weight excluding hydrogens is 448 g/mol. The number of ketones is 1. The van der Waals surface area contributed by atoms with Crippen molar-refractivity contribution >= 4 is 11.8 Å². The third-order valence-electron chi connectivity index (χ3n) is 11.9. The van der Waals surface area contributed by atoms with Crippen molar-refractivity contribution in [3.05, 3.63) is 46.3 Å². The van der Waals surface area contributed by atoms with Gasteiger partial charge in [0.25, 0.3) is 0 Å². The number of aliphatic hydroxyl groups excluding tert-OH is 1. The van der Waals surface area contributed by atoms with Gasteiger partial charge in [0.15, 0.2) is 5.76 Å². The Labute approximate surface area is 216 Å². The summed E-state index contributed by atoms with van der Waals surface area (Å²) in [5.74, 6) is 0.0292. The highest BCUT2D eigenvalue weighted by atomic mass is 16.5. The Bertz CT molecular complexity index is 1150. The van der Waals surface area contributed by atoms with Crippen molar-refractivity contribution in [3.8, 4) is 0 Å². The number of fused-ring (bicyclic) bond motifs is 7. The van der Waals surface area contributed by atoms with Gasteiger partial charge in [-0.1, -0.05) is 45.4 Å². The molecular formula is C32H44O4. The lowest BCUT2D eigenvalue weighted by atomic mass is 9.33. The molecule has 5 aliphatic rings. The molecule has 5 aliphatic carbocycles. The summed E-state index contributed by atoms with van der Waals surface area (Å²) in [6.45, 7) is 16.0. The van der Waals surface area contributed by atoms with E-state index >= 15 is 0 Å². The summed E-state index contributed by atoms with van der Waals surface area (Å²) in [5, 5.41) is 10.4. The van der Waals surface area contributed by atoms with Crippen molar-refractivity contribution < 1.29 is 19.4 Å². The standard InChI is InChI=1S/C32H44O4/c1-8-32-17-15-30(6)22-18-23(33)26(34)20(3)21(22)10-11-24(30)31(32,7)16-14-28(4)12-13-29(5,19-25(28)32)27(35)36-9-2/h10-11,18,25,34H,8-9,12-17,19H2,1-7H3/t25-,28-,29-,30+,31-,32+/m1/s1. The van der Waals surface area contributed by atoms with Gasteiger partial charge in [-0.15, -0.1) is 0 Å². The van der Waals surface area contributed by atoms with Crippen LogP contribution in [0.2, 0.25) is 0 Å². The number of hydrogen-bond acceptors (Lipinski definition) is 4. The van der Waals surface area contributed by atoms with E-state index < -0.39 is 5.41 Å². The van der Waals surface area contributed by atoms with Crippen LogP contribution in [0.3, 0.4) is 0 Å². The van der Waals surface area contributed by atoms with Gasteiger partial charge in [-0.25, -0.2) is 0 Å². The molecule has 0 aromatic carbocycles. The van der Waals surface area contributed by atoms with Crippen LogP contribution >= 0.6 is 0 Å². The number of aliphatic hydroxyl groups is 1. The second-order valence-corrected chi connectivity index (χ2v) is 13.4. The van der Waals surface area contributed by atoms with Gasteiger partial charge in [-0.3, -0.25) is 9.59 Å².